The topological polar surface area (TPSA) is 71.5 Å². The number of rotatable bonds is 4. The highest BCUT2D eigenvalue weighted by Gasteiger charge is 2.13. The van der Waals surface area contributed by atoms with Crippen molar-refractivity contribution in [3.8, 4) is 11.4 Å². The molecule has 5 nitrogen and oxygen atoms in total. The van der Waals surface area contributed by atoms with Crippen LogP contribution in [0.2, 0.25) is 0 Å². The Morgan fingerprint density at radius 3 is 2.85 bits per heavy atom. The highest BCUT2D eigenvalue weighted by Crippen LogP contribution is 2.25. The Morgan fingerprint density at radius 1 is 1.25 bits per heavy atom. The molecular formula is C14H12N4OS. The van der Waals surface area contributed by atoms with Gasteiger partial charge in [0, 0.05) is 11.3 Å². The van der Waals surface area contributed by atoms with Crippen LogP contribution in [0, 0.1) is 0 Å². The predicted octanol–water partition coefficient (Wildman–Crippen LogP) is 2.31. The fourth-order valence-corrected chi connectivity index (χ4v) is 3.00. The lowest BCUT2D eigenvalue weighted by Crippen LogP contribution is -1.98. The summed E-state index contributed by atoms with van der Waals surface area (Å²) < 4.78 is 12.2. The minimum absolute atomic E-state index is 0.417. The normalized spacial score (nSPS) is 12.4. The number of imidazole rings is 1. The molecule has 1 atom stereocenters. The van der Waals surface area contributed by atoms with Gasteiger partial charge in [-0.15, -0.1) is 6.58 Å². The van der Waals surface area contributed by atoms with Crippen LogP contribution < -0.4 is 0 Å². The third-order valence-electron chi connectivity index (χ3n) is 2.85. The Balaban J connectivity index is 2.14. The molecule has 20 heavy (non-hydrogen) atoms. The van der Waals surface area contributed by atoms with Crippen LogP contribution in [0.3, 0.4) is 0 Å². The minimum Gasteiger partial charge on any atom is -0.337 e. The molecular weight excluding hydrogens is 272 g/mol. The van der Waals surface area contributed by atoms with Crippen molar-refractivity contribution in [1.82, 2.24) is 20.2 Å². The van der Waals surface area contributed by atoms with E-state index in [4.69, 9.17) is 0 Å². The van der Waals surface area contributed by atoms with Crippen LogP contribution in [0.4, 0.5) is 0 Å². The Kier molecular flexibility index (Phi) is 3.39. The summed E-state index contributed by atoms with van der Waals surface area (Å²) in [4.78, 5) is 8.39. The van der Waals surface area contributed by atoms with Gasteiger partial charge in [-0.05, 0) is 6.07 Å². The first kappa shape index (κ1) is 12.7. The summed E-state index contributed by atoms with van der Waals surface area (Å²) in [5.74, 6) is 1.09. The van der Waals surface area contributed by atoms with E-state index >= 15 is 0 Å². The zero-order valence-electron chi connectivity index (χ0n) is 10.6. The third-order valence-corrected chi connectivity index (χ3v) is 4.24. The van der Waals surface area contributed by atoms with Crippen molar-refractivity contribution in [2.45, 2.75) is 4.90 Å². The Labute approximate surface area is 118 Å². The molecule has 0 bridgehead atoms. The molecule has 0 aliphatic carbocycles. The first-order valence-electron chi connectivity index (χ1n) is 6.04. The van der Waals surface area contributed by atoms with Gasteiger partial charge in [0.05, 0.1) is 33.6 Å². The first-order chi connectivity index (χ1) is 9.79. The highest BCUT2D eigenvalue weighted by atomic mass is 32.2. The maximum absolute atomic E-state index is 12.2. The van der Waals surface area contributed by atoms with Gasteiger partial charge in [-0.1, -0.05) is 24.3 Å². The van der Waals surface area contributed by atoms with E-state index in [2.05, 4.69) is 26.7 Å². The third kappa shape index (κ3) is 2.25. The molecule has 0 amide bonds. The molecule has 2 heterocycles. The van der Waals surface area contributed by atoms with Crippen molar-refractivity contribution in [1.29, 1.82) is 0 Å². The van der Waals surface area contributed by atoms with Crippen LogP contribution in [0.5, 0.6) is 0 Å². The molecule has 3 rings (SSSR count). The second-order valence-electron chi connectivity index (χ2n) is 4.17. The fourth-order valence-electron chi connectivity index (χ4n) is 1.96. The molecule has 1 aromatic carbocycles. The van der Waals surface area contributed by atoms with Crippen molar-refractivity contribution in [2.75, 3.05) is 5.75 Å². The van der Waals surface area contributed by atoms with Crippen LogP contribution in [-0.4, -0.2) is 30.1 Å². The second kappa shape index (κ2) is 5.34. The number of hydrogen-bond acceptors (Lipinski definition) is 4. The van der Waals surface area contributed by atoms with Gasteiger partial charge in [0.2, 0.25) is 0 Å². The predicted molar refractivity (Wildman–Crippen MR) is 78.6 cm³/mol. The van der Waals surface area contributed by atoms with E-state index in [1.54, 1.807) is 18.5 Å². The lowest BCUT2D eigenvalue weighted by atomic mass is 10.2. The highest BCUT2D eigenvalue weighted by molar-refractivity contribution is 7.85. The molecule has 0 fully saturated rings. The van der Waals surface area contributed by atoms with E-state index in [9.17, 15) is 4.21 Å². The molecule has 0 radical (unpaired) electrons. The van der Waals surface area contributed by atoms with E-state index in [-0.39, 0.29) is 0 Å². The van der Waals surface area contributed by atoms with Crippen molar-refractivity contribution < 1.29 is 4.21 Å². The monoisotopic (exact) mass is 284 g/mol. The SMILES string of the molecule is C=CCS(=O)c1ccccc1-c1nc2cnncc2[nH]1. The van der Waals surface area contributed by atoms with E-state index in [1.807, 2.05) is 24.3 Å². The summed E-state index contributed by atoms with van der Waals surface area (Å²) >= 11 is 0. The van der Waals surface area contributed by atoms with Gasteiger partial charge in [0.25, 0.3) is 0 Å². The fraction of sp³-hybridized carbons (Fsp3) is 0.0714. The number of nitrogens with one attached hydrogen (secondary N) is 1. The zero-order chi connectivity index (χ0) is 13.9. The number of aromatic amines is 1. The van der Waals surface area contributed by atoms with Gasteiger partial charge in [0.1, 0.15) is 11.3 Å². The molecule has 1 N–H and O–H groups in total. The average molecular weight is 284 g/mol. The molecule has 0 spiro atoms. The Hall–Kier alpha value is -2.34. The van der Waals surface area contributed by atoms with Crippen molar-refractivity contribution in [3.05, 3.63) is 49.3 Å². The summed E-state index contributed by atoms with van der Waals surface area (Å²) in [5.41, 5.74) is 2.36. The smallest absolute Gasteiger partial charge is 0.139 e. The van der Waals surface area contributed by atoms with E-state index < -0.39 is 10.8 Å². The van der Waals surface area contributed by atoms with Gasteiger partial charge in [-0.2, -0.15) is 10.2 Å². The van der Waals surface area contributed by atoms with E-state index in [1.165, 1.54) is 0 Å². The number of fused-ring (bicyclic) bond motifs is 1. The van der Waals surface area contributed by atoms with Crippen LogP contribution in [0.1, 0.15) is 0 Å². The number of benzene rings is 1. The van der Waals surface area contributed by atoms with Crippen molar-refractivity contribution in [2.24, 2.45) is 0 Å². The number of aromatic nitrogens is 4. The van der Waals surface area contributed by atoms with E-state index in [0.717, 1.165) is 21.5 Å². The molecule has 0 aliphatic heterocycles. The summed E-state index contributed by atoms with van der Waals surface area (Å²) in [5, 5.41) is 7.61. The van der Waals surface area contributed by atoms with Gasteiger partial charge in [-0.3, -0.25) is 4.21 Å². The lowest BCUT2D eigenvalue weighted by Gasteiger charge is -2.05. The standard InChI is InChI=1S/C14H12N4OS/c1-2-7-20(19)13-6-4-3-5-10(13)14-17-11-8-15-16-9-12(11)18-14/h2-6,8-9H,1,7H2,(H,17,18). The average Bonchev–Trinajstić information content (AvgIpc) is 2.91. The Morgan fingerprint density at radius 2 is 2.05 bits per heavy atom. The number of nitrogens with zero attached hydrogens (tertiary/aromatic N) is 3. The molecule has 0 saturated carbocycles. The Bertz CT molecular complexity index is 763. The summed E-state index contributed by atoms with van der Waals surface area (Å²) in [6.07, 6.45) is 4.87. The molecule has 100 valence electrons. The summed E-state index contributed by atoms with van der Waals surface area (Å²) in [6.45, 7) is 3.63. The van der Waals surface area contributed by atoms with Crippen molar-refractivity contribution >= 4 is 21.8 Å². The molecule has 3 aromatic rings. The molecule has 2 aromatic heterocycles. The molecule has 1 unspecified atom stereocenters. The maximum Gasteiger partial charge on any atom is 0.139 e. The molecule has 0 saturated heterocycles. The van der Waals surface area contributed by atoms with Gasteiger partial charge >= 0.3 is 0 Å². The van der Waals surface area contributed by atoms with Crippen LogP contribution in [0.15, 0.2) is 54.2 Å². The van der Waals surface area contributed by atoms with Gasteiger partial charge < -0.3 is 4.98 Å². The zero-order valence-corrected chi connectivity index (χ0v) is 11.4. The summed E-state index contributed by atoms with van der Waals surface area (Å²) in [6, 6.07) is 7.51. The van der Waals surface area contributed by atoms with Crippen LogP contribution >= 0.6 is 0 Å². The van der Waals surface area contributed by atoms with Gasteiger partial charge in [0.15, 0.2) is 0 Å². The molecule has 0 aliphatic rings. The molecule has 6 heteroatoms. The summed E-state index contributed by atoms with van der Waals surface area (Å²) in [7, 11) is -1.13. The largest absolute Gasteiger partial charge is 0.337 e. The number of H-pyrrole nitrogens is 1. The number of hydrogen-bond donors (Lipinski definition) is 1. The van der Waals surface area contributed by atoms with Gasteiger partial charge in [-0.25, -0.2) is 4.98 Å². The van der Waals surface area contributed by atoms with Crippen LogP contribution in [0.25, 0.3) is 22.4 Å². The maximum atomic E-state index is 12.2. The quantitative estimate of drug-likeness (QED) is 0.746. The minimum atomic E-state index is -1.13. The van der Waals surface area contributed by atoms with E-state index in [0.29, 0.717) is 11.6 Å². The first-order valence-corrected chi connectivity index (χ1v) is 7.36. The van der Waals surface area contributed by atoms with Crippen molar-refractivity contribution in [3.63, 3.8) is 0 Å². The van der Waals surface area contributed by atoms with Crippen LogP contribution in [-0.2, 0) is 10.8 Å². The lowest BCUT2D eigenvalue weighted by molar-refractivity contribution is 0.685. The second-order valence-corrected chi connectivity index (χ2v) is 5.63.